The van der Waals surface area contributed by atoms with E-state index in [2.05, 4.69) is 24.5 Å². The van der Waals surface area contributed by atoms with E-state index in [0.717, 1.165) is 25.2 Å². The molecule has 0 aromatic carbocycles. The standard InChI is InChI=1S/C12H21N3O/c1-10(2)14-6-5-13-9-11-4-7-15(3)12(16)8-11/h4,7-8,10,13-14H,5-6,9H2,1-3H3. The number of hydrogen-bond acceptors (Lipinski definition) is 3. The van der Waals surface area contributed by atoms with Crippen LogP contribution < -0.4 is 16.2 Å². The molecule has 2 N–H and O–H groups in total. The largest absolute Gasteiger partial charge is 0.319 e. The third kappa shape index (κ3) is 4.59. The Morgan fingerprint density at radius 1 is 1.38 bits per heavy atom. The van der Waals surface area contributed by atoms with Gasteiger partial charge in [0.05, 0.1) is 0 Å². The van der Waals surface area contributed by atoms with Crippen molar-refractivity contribution in [2.45, 2.75) is 26.4 Å². The van der Waals surface area contributed by atoms with Crippen LogP contribution in [0.1, 0.15) is 19.4 Å². The van der Waals surface area contributed by atoms with Gasteiger partial charge in [0.1, 0.15) is 0 Å². The minimum absolute atomic E-state index is 0.0413. The third-order valence-electron chi connectivity index (χ3n) is 2.35. The van der Waals surface area contributed by atoms with Gasteiger partial charge in [0.15, 0.2) is 0 Å². The minimum atomic E-state index is 0.0413. The Bertz CT molecular complexity index is 371. The molecule has 0 bridgehead atoms. The maximum atomic E-state index is 11.3. The van der Waals surface area contributed by atoms with Crippen molar-refractivity contribution >= 4 is 0 Å². The normalized spacial score (nSPS) is 11.0. The Kier molecular flexibility index (Phi) is 5.22. The summed E-state index contributed by atoms with van der Waals surface area (Å²) in [4.78, 5) is 11.3. The Morgan fingerprint density at radius 3 is 2.75 bits per heavy atom. The molecule has 0 saturated heterocycles. The molecule has 0 atom stereocenters. The zero-order valence-corrected chi connectivity index (χ0v) is 10.3. The highest BCUT2D eigenvalue weighted by Crippen LogP contribution is 1.92. The van der Waals surface area contributed by atoms with E-state index < -0.39 is 0 Å². The second kappa shape index (κ2) is 6.45. The van der Waals surface area contributed by atoms with Crippen molar-refractivity contribution in [2.24, 2.45) is 7.05 Å². The summed E-state index contributed by atoms with van der Waals surface area (Å²) in [6.07, 6.45) is 1.80. The van der Waals surface area contributed by atoms with E-state index in [1.807, 2.05) is 6.07 Å². The highest BCUT2D eigenvalue weighted by Gasteiger charge is 1.96. The Hall–Kier alpha value is -1.13. The SMILES string of the molecule is CC(C)NCCNCc1ccn(C)c(=O)c1. The predicted octanol–water partition coefficient (Wildman–Crippen LogP) is 0.473. The van der Waals surface area contributed by atoms with Crippen LogP contribution in [0.25, 0.3) is 0 Å². The van der Waals surface area contributed by atoms with E-state index in [4.69, 9.17) is 0 Å². The highest BCUT2D eigenvalue weighted by atomic mass is 16.1. The zero-order chi connectivity index (χ0) is 12.0. The molecule has 0 aliphatic rings. The maximum absolute atomic E-state index is 11.3. The third-order valence-corrected chi connectivity index (χ3v) is 2.35. The topological polar surface area (TPSA) is 46.1 Å². The molecule has 0 spiro atoms. The van der Waals surface area contributed by atoms with Gasteiger partial charge in [-0.05, 0) is 11.6 Å². The van der Waals surface area contributed by atoms with Gasteiger partial charge in [0.2, 0.25) is 0 Å². The summed E-state index contributed by atoms with van der Waals surface area (Å²) in [5.74, 6) is 0. The Balaban J connectivity index is 2.27. The van der Waals surface area contributed by atoms with Crippen LogP contribution in [-0.4, -0.2) is 23.7 Å². The molecule has 0 saturated carbocycles. The molecule has 90 valence electrons. The summed E-state index contributed by atoms with van der Waals surface area (Å²) in [6.45, 7) is 6.85. The van der Waals surface area contributed by atoms with Gasteiger partial charge in [0.25, 0.3) is 5.56 Å². The first kappa shape index (κ1) is 12.9. The van der Waals surface area contributed by atoms with Crippen molar-refractivity contribution in [3.8, 4) is 0 Å². The molecule has 0 aliphatic heterocycles. The minimum Gasteiger partial charge on any atom is -0.319 e. The van der Waals surface area contributed by atoms with E-state index >= 15 is 0 Å². The van der Waals surface area contributed by atoms with Gasteiger partial charge in [-0.1, -0.05) is 13.8 Å². The summed E-state index contributed by atoms with van der Waals surface area (Å²) >= 11 is 0. The number of pyridine rings is 1. The fraction of sp³-hybridized carbons (Fsp3) is 0.583. The lowest BCUT2D eigenvalue weighted by atomic mass is 10.2. The van der Waals surface area contributed by atoms with Crippen LogP contribution in [0.3, 0.4) is 0 Å². The molecule has 0 amide bonds. The summed E-state index contributed by atoms with van der Waals surface area (Å²) in [5, 5.41) is 6.62. The molecule has 16 heavy (non-hydrogen) atoms. The first-order chi connectivity index (χ1) is 7.59. The lowest BCUT2D eigenvalue weighted by molar-refractivity contribution is 0.555. The maximum Gasteiger partial charge on any atom is 0.250 e. The van der Waals surface area contributed by atoms with E-state index in [1.165, 1.54) is 0 Å². The first-order valence-corrected chi connectivity index (χ1v) is 5.69. The van der Waals surface area contributed by atoms with Gasteiger partial charge in [0, 0.05) is 45.0 Å². The smallest absolute Gasteiger partial charge is 0.250 e. The van der Waals surface area contributed by atoms with Gasteiger partial charge < -0.3 is 15.2 Å². The van der Waals surface area contributed by atoms with Crippen LogP contribution >= 0.6 is 0 Å². The average Bonchev–Trinajstić information content (AvgIpc) is 2.22. The summed E-state index contributed by atoms with van der Waals surface area (Å²) in [7, 11) is 1.76. The quantitative estimate of drug-likeness (QED) is 0.689. The molecule has 4 heteroatoms. The van der Waals surface area contributed by atoms with Crippen molar-refractivity contribution < 1.29 is 0 Å². The molecular formula is C12H21N3O. The van der Waals surface area contributed by atoms with Crippen molar-refractivity contribution in [2.75, 3.05) is 13.1 Å². The van der Waals surface area contributed by atoms with Gasteiger partial charge in [-0.2, -0.15) is 0 Å². The zero-order valence-electron chi connectivity index (χ0n) is 10.3. The van der Waals surface area contributed by atoms with E-state index in [9.17, 15) is 4.79 Å². The van der Waals surface area contributed by atoms with Crippen molar-refractivity contribution in [1.82, 2.24) is 15.2 Å². The fourth-order valence-corrected chi connectivity index (χ4v) is 1.38. The number of hydrogen-bond donors (Lipinski definition) is 2. The van der Waals surface area contributed by atoms with Crippen LogP contribution in [0.5, 0.6) is 0 Å². The number of aryl methyl sites for hydroxylation is 1. The van der Waals surface area contributed by atoms with Gasteiger partial charge in [-0.25, -0.2) is 0 Å². The second-order valence-electron chi connectivity index (χ2n) is 4.27. The van der Waals surface area contributed by atoms with Crippen LogP contribution in [0, 0.1) is 0 Å². The molecule has 1 rings (SSSR count). The average molecular weight is 223 g/mol. The van der Waals surface area contributed by atoms with E-state index in [1.54, 1.807) is 23.9 Å². The monoisotopic (exact) mass is 223 g/mol. The van der Waals surface area contributed by atoms with Gasteiger partial charge >= 0.3 is 0 Å². The second-order valence-corrected chi connectivity index (χ2v) is 4.27. The molecule has 1 heterocycles. The number of nitrogens with zero attached hydrogens (tertiary/aromatic N) is 1. The molecule has 0 unspecified atom stereocenters. The molecule has 0 radical (unpaired) electrons. The molecule has 1 aromatic heterocycles. The van der Waals surface area contributed by atoms with Crippen molar-refractivity contribution in [3.63, 3.8) is 0 Å². The molecule has 4 nitrogen and oxygen atoms in total. The summed E-state index contributed by atoms with van der Waals surface area (Å²) < 4.78 is 1.57. The number of nitrogens with one attached hydrogen (secondary N) is 2. The van der Waals surface area contributed by atoms with E-state index in [-0.39, 0.29) is 5.56 Å². The fourth-order valence-electron chi connectivity index (χ4n) is 1.38. The van der Waals surface area contributed by atoms with Gasteiger partial charge in [-0.15, -0.1) is 0 Å². The number of aromatic nitrogens is 1. The van der Waals surface area contributed by atoms with Crippen molar-refractivity contribution in [1.29, 1.82) is 0 Å². The number of rotatable bonds is 6. The molecule has 0 aliphatic carbocycles. The predicted molar refractivity (Wildman–Crippen MR) is 66.5 cm³/mol. The van der Waals surface area contributed by atoms with Crippen molar-refractivity contribution in [3.05, 3.63) is 34.2 Å². The lowest BCUT2D eigenvalue weighted by Crippen LogP contribution is -2.31. The van der Waals surface area contributed by atoms with Crippen LogP contribution in [0.15, 0.2) is 23.1 Å². The molecular weight excluding hydrogens is 202 g/mol. The summed E-state index contributed by atoms with van der Waals surface area (Å²) in [5.41, 5.74) is 1.08. The lowest BCUT2D eigenvalue weighted by Gasteiger charge is -2.09. The van der Waals surface area contributed by atoms with Gasteiger partial charge in [-0.3, -0.25) is 4.79 Å². The Morgan fingerprint density at radius 2 is 2.12 bits per heavy atom. The van der Waals surface area contributed by atoms with Crippen LogP contribution in [-0.2, 0) is 13.6 Å². The first-order valence-electron chi connectivity index (χ1n) is 5.69. The molecule has 0 fully saturated rings. The van der Waals surface area contributed by atoms with Crippen LogP contribution in [0.4, 0.5) is 0 Å². The summed E-state index contributed by atoms with van der Waals surface area (Å²) in [6, 6.07) is 4.15. The Labute approximate surface area is 96.7 Å². The van der Waals surface area contributed by atoms with Crippen LogP contribution in [0.2, 0.25) is 0 Å². The van der Waals surface area contributed by atoms with E-state index in [0.29, 0.717) is 6.04 Å². The molecule has 1 aromatic rings. The highest BCUT2D eigenvalue weighted by molar-refractivity contribution is 5.10.